The maximum absolute atomic E-state index is 13.0. The second-order valence-corrected chi connectivity index (χ2v) is 9.31. The van der Waals surface area contributed by atoms with Gasteiger partial charge in [0.25, 0.3) is 10.0 Å². The fraction of sp³-hybridized carbons (Fsp3) is 0.333. The number of sulfonamides is 1. The standard InChI is InChI=1S/C24H29N5O4S/c1-3-32-21-10-11-23(22(16-21)33-4-2)34(30,31)27-19-17-25-24(26-18-19)29-14-12-28(13-15-29)20-8-6-5-7-9-20/h5-11,16-18,27H,3-4,12-15H2,1-2H3. The highest BCUT2D eigenvalue weighted by Gasteiger charge is 2.22. The smallest absolute Gasteiger partial charge is 0.265 e. The molecule has 2 aromatic carbocycles. The Morgan fingerprint density at radius 1 is 0.882 bits per heavy atom. The summed E-state index contributed by atoms with van der Waals surface area (Å²) in [4.78, 5) is 13.2. The summed E-state index contributed by atoms with van der Waals surface area (Å²) in [6.45, 7) is 7.74. The lowest BCUT2D eigenvalue weighted by Gasteiger charge is -2.36. The van der Waals surface area contributed by atoms with E-state index in [-0.39, 0.29) is 16.3 Å². The number of benzene rings is 2. The summed E-state index contributed by atoms with van der Waals surface area (Å²) in [5, 5.41) is 0. The predicted molar refractivity (Wildman–Crippen MR) is 132 cm³/mol. The fourth-order valence-electron chi connectivity index (χ4n) is 3.79. The van der Waals surface area contributed by atoms with Gasteiger partial charge in [-0.05, 0) is 38.1 Å². The molecular formula is C24H29N5O4S. The first-order chi connectivity index (χ1) is 16.5. The largest absolute Gasteiger partial charge is 0.494 e. The number of rotatable bonds is 9. The number of hydrogen-bond acceptors (Lipinski definition) is 8. The van der Waals surface area contributed by atoms with Gasteiger partial charge >= 0.3 is 0 Å². The lowest BCUT2D eigenvalue weighted by Crippen LogP contribution is -2.47. The molecule has 1 aliphatic rings. The van der Waals surface area contributed by atoms with E-state index in [9.17, 15) is 8.42 Å². The molecule has 0 spiro atoms. The zero-order chi connectivity index (χ0) is 24.0. The molecule has 1 saturated heterocycles. The van der Waals surface area contributed by atoms with Gasteiger partial charge in [0.2, 0.25) is 5.95 Å². The number of aromatic nitrogens is 2. The summed E-state index contributed by atoms with van der Waals surface area (Å²) in [5.41, 5.74) is 1.48. The molecule has 10 heteroatoms. The van der Waals surface area contributed by atoms with Crippen molar-refractivity contribution in [1.29, 1.82) is 0 Å². The van der Waals surface area contributed by atoms with Gasteiger partial charge in [-0.2, -0.15) is 0 Å². The van der Waals surface area contributed by atoms with Crippen LogP contribution < -0.4 is 24.0 Å². The summed E-state index contributed by atoms with van der Waals surface area (Å²) in [6, 6.07) is 15.0. The van der Waals surface area contributed by atoms with Gasteiger partial charge in [0.05, 0.1) is 31.3 Å². The number of hydrogen-bond donors (Lipinski definition) is 1. The Balaban J connectivity index is 1.42. The van der Waals surface area contributed by atoms with Crippen molar-refractivity contribution in [1.82, 2.24) is 9.97 Å². The predicted octanol–water partition coefficient (Wildman–Crippen LogP) is 3.40. The summed E-state index contributed by atoms with van der Waals surface area (Å²) in [5.74, 6) is 1.35. The van der Waals surface area contributed by atoms with E-state index in [2.05, 4.69) is 36.6 Å². The molecular weight excluding hydrogens is 454 g/mol. The molecule has 0 saturated carbocycles. The van der Waals surface area contributed by atoms with Crippen molar-refractivity contribution in [3.8, 4) is 11.5 Å². The molecule has 0 atom stereocenters. The van der Waals surface area contributed by atoms with E-state index in [1.807, 2.05) is 25.1 Å². The highest BCUT2D eigenvalue weighted by atomic mass is 32.2. The van der Waals surface area contributed by atoms with Crippen LogP contribution in [0.2, 0.25) is 0 Å². The molecule has 9 nitrogen and oxygen atoms in total. The van der Waals surface area contributed by atoms with Crippen molar-refractivity contribution < 1.29 is 17.9 Å². The molecule has 0 unspecified atom stereocenters. The molecule has 1 aliphatic heterocycles. The van der Waals surface area contributed by atoms with Crippen LogP contribution in [-0.4, -0.2) is 57.8 Å². The third-order valence-corrected chi connectivity index (χ3v) is 6.81. The van der Waals surface area contributed by atoms with E-state index >= 15 is 0 Å². The highest BCUT2D eigenvalue weighted by Crippen LogP contribution is 2.30. The molecule has 1 aromatic heterocycles. The molecule has 1 N–H and O–H groups in total. The SMILES string of the molecule is CCOc1ccc(S(=O)(=O)Nc2cnc(N3CCN(c4ccccc4)CC3)nc2)c(OCC)c1. The van der Waals surface area contributed by atoms with E-state index in [1.165, 1.54) is 24.1 Å². The van der Waals surface area contributed by atoms with Gasteiger partial charge in [-0.25, -0.2) is 18.4 Å². The van der Waals surface area contributed by atoms with E-state index in [0.717, 1.165) is 26.2 Å². The summed E-state index contributed by atoms with van der Waals surface area (Å²) < 4.78 is 39.6. The van der Waals surface area contributed by atoms with Crippen LogP contribution in [0.4, 0.5) is 17.3 Å². The van der Waals surface area contributed by atoms with Crippen LogP contribution in [0.15, 0.2) is 65.8 Å². The minimum atomic E-state index is -3.90. The third kappa shape index (κ3) is 5.51. The van der Waals surface area contributed by atoms with E-state index in [0.29, 0.717) is 24.9 Å². The topological polar surface area (TPSA) is 96.9 Å². The Hall–Kier alpha value is -3.53. The average Bonchev–Trinajstić information content (AvgIpc) is 2.85. The van der Waals surface area contributed by atoms with Crippen molar-refractivity contribution >= 4 is 27.3 Å². The van der Waals surface area contributed by atoms with E-state index < -0.39 is 10.0 Å². The normalized spacial score (nSPS) is 14.1. The van der Waals surface area contributed by atoms with Gasteiger partial charge in [0, 0.05) is 37.9 Å². The summed E-state index contributed by atoms with van der Waals surface area (Å²) >= 11 is 0. The second-order valence-electron chi connectivity index (χ2n) is 7.66. The Morgan fingerprint density at radius 2 is 1.53 bits per heavy atom. The van der Waals surface area contributed by atoms with Crippen molar-refractivity contribution in [2.75, 3.05) is 53.9 Å². The quantitative estimate of drug-likeness (QED) is 0.495. The van der Waals surface area contributed by atoms with Crippen LogP contribution in [0.1, 0.15) is 13.8 Å². The van der Waals surface area contributed by atoms with Crippen LogP contribution in [0.3, 0.4) is 0 Å². The number of anilines is 3. The Kier molecular flexibility index (Phi) is 7.36. The van der Waals surface area contributed by atoms with Crippen LogP contribution in [0.5, 0.6) is 11.5 Å². The van der Waals surface area contributed by atoms with Gasteiger partial charge in [-0.3, -0.25) is 4.72 Å². The molecule has 1 fully saturated rings. The van der Waals surface area contributed by atoms with Crippen molar-refractivity contribution in [3.63, 3.8) is 0 Å². The molecule has 0 bridgehead atoms. The summed E-state index contributed by atoms with van der Waals surface area (Å²) in [6.07, 6.45) is 2.97. The number of piperazine rings is 1. The van der Waals surface area contributed by atoms with Crippen molar-refractivity contribution in [2.45, 2.75) is 18.7 Å². The highest BCUT2D eigenvalue weighted by molar-refractivity contribution is 7.92. The number of para-hydroxylation sites is 1. The molecule has 0 aliphatic carbocycles. The lowest BCUT2D eigenvalue weighted by atomic mass is 10.2. The monoisotopic (exact) mass is 483 g/mol. The minimum Gasteiger partial charge on any atom is -0.494 e. The number of nitrogens with one attached hydrogen (secondary N) is 1. The van der Waals surface area contributed by atoms with Crippen molar-refractivity contribution in [2.24, 2.45) is 0 Å². The lowest BCUT2D eigenvalue weighted by molar-refractivity contribution is 0.317. The number of nitrogens with zero attached hydrogens (tertiary/aromatic N) is 4. The first-order valence-corrected chi connectivity index (χ1v) is 12.8. The molecule has 3 aromatic rings. The van der Waals surface area contributed by atoms with Gasteiger partial charge < -0.3 is 19.3 Å². The maximum Gasteiger partial charge on any atom is 0.265 e. The van der Waals surface area contributed by atoms with Crippen LogP contribution in [-0.2, 0) is 10.0 Å². The van der Waals surface area contributed by atoms with Crippen molar-refractivity contribution in [3.05, 3.63) is 60.9 Å². The number of ether oxygens (including phenoxy) is 2. The van der Waals surface area contributed by atoms with Crippen LogP contribution >= 0.6 is 0 Å². The van der Waals surface area contributed by atoms with E-state index in [4.69, 9.17) is 9.47 Å². The van der Waals surface area contributed by atoms with Gasteiger partial charge in [0.15, 0.2) is 0 Å². The van der Waals surface area contributed by atoms with Crippen LogP contribution in [0, 0.1) is 0 Å². The Bertz CT molecular complexity index is 1180. The molecule has 4 rings (SSSR count). The fourth-order valence-corrected chi connectivity index (χ4v) is 4.94. The van der Waals surface area contributed by atoms with Gasteiger partial charge in [0.1, 0.15) is 16.4 Å². The van der Waals surface area contributed by atoms with E-state index in [1.54, 1.807) is 19.1 Å². The van der Waals surface area contributed by atoms with Gasteiger partial charge in [-0.15, -0.1) is 0 Å². The molecule has 2 heterocycles. The molecule has 0 amide bonds. The first-order valence-electron chi connectivity index (χ1n) is 11.3. The minimum absolute atomic E-state index is 0.0268. The molecule has 180 valence electrons. The Morgan fingerprint density at radius 3 is 2.18 bits per heavy atom. The summed E-state index contributed by atoms with van der Waals surface area (Å²) in [7, 11) is -3.90. The maximum atomic E-state index is 13.0. The molecule has 0 radical (unpaired) electrons. The second kappa shape index (κ2) is 10.6. The average molecular weight is 484 g/mol. The zero-order valence-electron chi connectivity index (χ0n) is 19.3. The van der Waals surface area contributed by atoms with Gasteiger partial charge in [-0.1, -0.05) is 18.2 Å². The Labute approximate surface area is 200 Å². The van der Waals surface area contributed by atoms with Crippen LogP contribution in [0.25, 0.3) is 0 Å². The zero-order valence-corrected chi connectivity index (χ0v) is 20.2. The third-order valence-electron chi connectivity index (χ3n) is 5.39. The first kappa shape index (κ1) is 23.6. The molecule has 34 heavy (non-hydrogen) atoms.